The third kappa shape index (κ3) is 1.94. The zero-order valence-corrected chi connectivity index (χ0v) is 9.00. The molecule has 0 spiro atoms. The number of hydrogen-bond acceptors (Lipinski definition) is 2. The van der Waals surface area contributed by atoms with Crippen molar-refractivity contribution < 1.29 is 8.42 Å². The van der Waals surface area contributed by atoms with Gasteiger partial charge in [0.25, 0.3) is 0 Å². The molecule has 0 atom stereocenters. The molecule has 0 radical (unpaired) electrons. The summed E-state index contributed by atoms with van der Waals surface area (Å²) in [5.41, 5.74) is 0.788. The molecule has 0 saturated heterocycles. The molecule has 1 aliphatic heterocycles. The number of nitrogens with zero attached hydrogens (tertiary/aromatic N) is 1. The van der Waals surface area contributed by atoms with Gasteiger partial charge in [0.1, 0.15) is 0 Å². The largest absolute Gasteiger partial charge is 0.270 e. The molecule has 0 aliphatic carbocycles. The molecule has 0 amide bonds. The SMILES string of the molecule is CC1=CC=CCN1S(=O)(=O)C(C)C. The van der Waals surface area contributed by atoms with E-state index >= 15 is 0 Å². The van der Waals surface area contributed by atoms with E-state index in [4.69, 9.17) is 0 Å². The Hall–Kier alpha value is -0.770. The second-order valence-electron chi connectivity index (χ2n) is 3.36. The van der Waals surface area contributed by atoms with E-state index in [2.05, 4.69) is 0 Å². The van der Waals surface area contributed by atoms with E-state index in [-0.39, 0.29) is 5.25 Å². The first-order chi connectivity index (χ1) is 5.96. The highest BCUT2D eigenvalue weighted by atomic mass is 32.2. The van der Waals surface area contributed by atoms with Crippen LogP contribution in [0.3, 0.4) is 0 Å². The second-order valence-corrected chi connectivity index (χ2v) is 5.77. The summed E-state index contributed by atoms with van der Waals surface area (Å²) >= 11 is 0. The van der Waals surface area contributed by atoms with Crippen LogP contribution in [-0.4, -0.2) is 24.5 Å². The lowest BCUT2D eigenvalue weighted by atomic mass is 10.3. The molecule has 3 nitrogen and oxygen atoms in total. The summed E-state index contributed by atoms with van der Waals surface area (Å²) in [6.45, 7) is 5.66. The van der Waals surface area contributed by atoms with Crippen molar-refractivity contribution in [3.05, 3.63) is 23.9 Å². The molecule has 0 N–H and O–H groups in total. The van der Waals surface area contributed by atoms with Gasteiger partial charge in [0.05, 0.1) is 11.8 Å². The number of allylic oxidation sites excluding steroid dienone is 3. The van der Waals surface area contributed by atoms with E-state index in [0.717, 1.165) is 5.70 Å². The number of sulfonamides is 1. The molecular weight excluding hydrogens is 186 g/mol. The van der Waals surface area contributed by atoms with Crippen LogP contribution in [0.2, 0.25) is 0 Å². The minimum absolute atomic E-state index is 0.359. The Labute approximate surface area is 79.8 Å². The highest BCUT2D eigenvalue weighted by molar-refractivity contribution is 7.89. The van der Waals surface area contributed by atoms with Crippen LogP contribution in [0.25, 0.3) is 0 Å². The van der Waals surface area contributed by atoms with Gasteiger partial charge in [0.2, 0.25) is 10.0 Å². The fraction of sp³-hybridized carbons (Fsp3) is 0.556. The molecule has 0 fully saturated rings. The van der Waals surface area contributed by atoms with Crippen molar-refractivity contribution >= 4 is 10.0 Å². The molecule has 1 rings (SSSR count). The minimum atomic E-state index is -3.14. The van der Waals surface area contributed by atoms with E-state index in [1.54, 1.807) is 13.8 Å². The van der Waals surface area contributed by atoms with Gasteiger partial charge in [-0.2, -0.15) is 0 Å². The van der Waals surface area contributed by atoms with Crippen LogP contribution in [0, 0.1) is 0 Å². The number of rotatable bonds is 2. The van der Waals surface area contributed by atoms with E-state index < -0.39 is 10.0 Å². The van der Waals surface area contributed by atoms with Crippen LogP contribution in [0.1, 0.15) is 20.8 Å². The Bertz CT molecular complexity index is 339. The fourth-order valence-electron chi connectivity index (χ4n) is 1.15. The lowest BCUT2D eigenvalue weighted by Gasteiger charge is -2.27. The summed E-state index contributed by atoms with van der Waals surface area (Å²) in [4.78, 5) is 0. The van der Waals surface area contributed by atoms with Crippen molar-refractivity contribution in [1.82, 2.24) is 4.31 Å². The molecule has 74 valence electrons. The van der Waals surface area contributed by atoms with Crippen LogP contribution in [0.5, 0.6) is 0 Å². The Kier molecular flexibility index (Phi) is 2.81. The first-order valence-electron chi connectivity index (χ1n) is 4.31. The third-order valence-corrected chi connectivity index (χ3v) is 4.28. The molecular formula is C9H15NO2S. The van der Waals surface area contributed by atoms with E-state index in [1.807, 2.05) is 25.2 Å². The maximum absolute atomic E-state index is 11.7. The predicted octanol–water partition coefficient (Wildman–Crippen LogP) is 1.50. The highest BCUT2D eigenvalue weighted by Crippen LogP contribution is 2.17. The fourth-order valence-corrected chi connectivity index (χ4v) is 2.42. The molecule has 0 aromatic carbocycles. The standard InChI is InChI=1S/C9H15NO2S/c1-8(2)13(11,12)10-7-5-4-6-9(10)3/h4-6,8H,7H2,1-3H3. The molecule has 0 aromatic heterocycles. The van der Waals surface area contributed by atoms with Gasteiger partial charge < -0.3 is 0 Å². The van der Waals surface area contributed by atoms with Gasteiger partial charge in [-0.15, -0.1) is 0 Å². The summed E-state index contributed by atoms with van der Waals surface area (Å²) in [6, 6.07) is 0. The first kappa shape index (κ1) is 10.3. The molecule has 13 heavy (non-hydrogen) atoms. The second kappa shape index (κ2) is 3.54. The van der Waals surface area contributed by atoms with Gasteiger partial charge >= 0.3 is 0 Å². The summed E-state index contributed by atoms with van der Waals surface area (Å²) < 4.78 is 24.9. The van der Waals surface area contributed by atoms with Crippen molar-refractivity contribution in [2.45, 2.75) is 26.0 Å². The summed E-state index contributed by atoms with van der Waals surface area (Å²) in [7, 11) is -3.14. The van der Waals surface area contributed by atoms with Gasteiger partial charge in [-0.05, 0) is 26.8 Å². The van der Waals surface area contributed by atoms with Gasteiger partial charge in [-0.3, -0.25) is 4.31 Å². The van der Waals surface area contributed by atoms with Crippen molar-refractivity contribution in [3.8, 4) is 0 Å². The molecule has 0 unspecified atom stereocenters. The van der Waals surface area contributed by atoms with Crippen LogP contribution in [-0.2, 0) is 10.0 Å². The topological polar surface area (TPSA) is 37.4 Å². The van der Waals surface area contributed by atoms with E-state index in [0.29, 0.717) is 6.54 Å². The maximum atomic E-state index is 11.7. The highest BCUT2D eigenvalue weighted by Gasteiger charge is 2.25. The smallest absolute Gasteiger partial charge is 0.237 e. The number of hydrogen-bond donors (Lipinski definition) is 0. The zero-order chi connectivity index (χ0) is 10.1. The predicted molar refractivity (Wildman–Crippen MR) is 53.7 cm³/mol. The molecule has 0 saturated carbocycles. The van der Waals surface area contributed by atoms with E-state index in [1.165, 1.54) is 4.31 Å². The lowest BCUT2D eigenvalue weighted by Crippen LogP contribution is -2.36. The van der Waals surface area contributed by atoms with Crippen molar-refractivity contribution in [3.63, 3.8) is 0 Å². The Morgan fingerprint density at radius 3 is 2.54 bits per heavy atom. The Balaban J connectivity index is 2.98. The molecule has 0 aromatic rings. The Morgan fingerprint density at radius 2 is 2.08 bits per heavy atom. The van der Waals surface area contributed by atoms with Gasteiger partial charge in [0.15, 0.2) is 0 Å². The van der Waals surface area contributed by atoms with Crippen LogP contribution >= 0.6 is 0 Å². The third-order valence-electron chi connectivity index (χ3n) is 2.04. The van der Waals surface area contributed by atoms with Crippen molar-refractivity contribution in [2.24, 2.45) is 0 Å². The van der Waals surface area contributed by atoms with Gasteiger partial charge in [0, 0.05) is 5.70 Å². The summed E-state index contributed by atoms with van der Waals surface area (Å²) in [5, 5.41) is -0.359. The van der Waals surface area contributed by atoms with Crippen LogP contribution < -0.4 is 0 Å². The summed E-state index contributed by atoms with van der Waals surface area (Å²) in [5.74, 6) is 0. The van der Waals surface area contributed by atoms with Crippen LogP contribution in [0.4, 0.5) is 0 Å². The average molecular weight is 201 g/mol. The molecule has 4 heteroatoms. The normalized spacial score (nSPS) is 17.8. The zero-order valence-electron chi connectivity index (χ0n) is 8.19. The average Bonchev–Trinajstić information content (AvgIpc) is 2.04. The first-order valence-corrected chi connectivity index (χ1v) is 5.81. The molecule has 0 bridgehead atoms. The van der Waals surface area contributed by atoms with Crippen molar-refractivity contribution in [1.29, 1.82) is 0 Å². The monoisotopic (exact) mass is 201 g/mol. The maximum Gasteiger partial charge on any atom is 0.237 e. The van der Waals surface area contributed by atoms with Gasteiger partial charge in [-0.25, -0.2) is 8.42 Å². The minimum Gasteiger partial charge on any atom is -0.270 e. The summed E-state index contributed by atoms with van der Waals surface area (Å²) in [6.07, 6.45) is 5.53. The van der Waals surface area contributed by atoms with Crippen molar-refractivity contribution in [2.75, 3.05) is 6.54 Å². The molecule has 1 aliphatic rings. The lowest BCUT2D eigenvalue weighted by molar-refractivity contribution is 0.492. The van der Waals surface area contributed by atoms with E-state index in [9.17, 15) is 8.42 Å². The van der Waals surface area contributed by atoms with Gasteiger partial charge in [-0.1, -0.05) is 12.2 Å². The molecule has 1 heterocycles. The quantitative estimate of drug-likeness (QED) is 0.679. The Morgan fingerprint density at radius 1 is 1.46 bits per heavy atom. The van der Waals surface area contributed by atoms with Crippen LogP contribution in [0.15, 0.2) is 23.9 Å².